The van der Waals surface area contributed by atoms with Gasteiger partial charge in [-0.1, -0.05) is 36.4 Å². The van der Waals surface area contributed by atoms with Gasteiger partial charge in [-0.15, -0.1) is 0 Å². The number of primary amides is 1. The summed E-state index contributed by atoms with van der Waals surface area (Å²) >= 11 is 0. The molecule has 0 radical (unpaired) electrons. The van der Waals surface area contributed by atoms with Gasteiger partial charge in [-0.2, -0.15) is 0 Å². The van der Waals surface area contributed by atoms with Gasteiger partial charge < -0.3 is 21.9 Å². The summed E-state index contributed by atoms with van der Waals surface area (Å²) in [6.07, 6.45) is 0.310. The standard InChI is InChI=1S/C22H24N4O3/c1-13-9-16(12-27)17-7-4-6-15(21(17)25-13)10-14-5-2-3-8-19(14)26-22(29)18(23)11-20(24)28/h2-9,18,27H,10-12,23H2,1H3,(H2,24,28)(H,26,29)/t18-/m0/s1. The highest BCUT2D eigenvalue weighted by Gasteiger charge is 2.17. The predicted molar refractivity (Wildman–Crippen MR) is 112 cm³/mol. The highest BCUT2D eigenvalue weighted by Crippen LogP contribution is 2.26. The Balaban J connectivity index is 1.93. The van der Waals surface area contributed by atoms with E-state index in [0.717, 1.165) is 33.3 Å². The van der Waals surface area contributed by atoms with Crippen molar-refractivity contribution in [3.63, 3.8) is 0 Å². The van der Waals surface area contributed by atoms with Gasteiger partial charge in [0.05, 0.1) is 24.6 Å². The number of aromatic nitrogens is 1. The Kier molecular flexibility index (Phi) is 6.21. The van der Waals surface area contributed by atoms with Gasteiger partial charge in [0.15, 0.2) is 0 Å². The van der Waals surface area contributed by atoms with Gasteiger partial charge in [0.1, 0.15) is 0 Å². The van der Waals surface area contributed by atoms with Crippen molar-refractivity contribution in [3.8, 4) is 0 Å². The van der Waals surface area contributed by atoms with Gasteiger partial charge in [-0.3, -0.25) is 14.6 Å². The quantitative estimate of drug-likeness (QED) is 0.487. The maximum Gasteiger partial charge on any atom is 0.241 e. The Bertz CT molecular complexity index is 1070. The zero-order valence-electron chi connectivity index (χ0n) is 16.2. The number of amides is 2. The summed E-state index contributed by atoms with van der Waals surface area (Å²) in [5, 5.41) is 13.4. The van der Waals surface area contributed by atoms with Gasteiger partial charge in [0.25, 0.3) is 0 Å². The number of aryl methyl sites for hydroxylation is 1. The van der Waals surface area contributed by atoms with Crippen LogP contribution in [0.15, 0.2) is 48.5 Å². The fourth-order valence-electron chi connectivity index (χ4n) is 3.33. The van der Waals surface area contributed by atoms with E-state index in [1.54, 1.807) is 6.07 Å². The van der Waals surface area contributed by atoms with Crippen molar-refractivity contribution >= 4 is 28.4 Å². The molecule has 0 aliphatic carbocycles. The second-order valence-corrected chi connectivity index (χ2v) is 6.99. The maximum absolute atomic E-state index is 12.3. The lowest BCUT2D eigenvalue weighted by molar-refractivity contribution is -0.123. The average molecular weight is 392 g/mol. The lowest BCUT2D eigenvalue weighted by atomic mass is 9.98. The largest absolute Gasteiger partial charge is 0.392 e. The number of nitrogens with two attached hydrogens (primary N) is 2. The van der Waals surface area contributed by atoms with E-state index in [1.807, 2.05) is 49.4 Å². The van der Waals surface area contributed by atoms with Crippen LogP contribution in [-0.2, 0) is 22.6 Å². The van der Waals surface area contributed by atoms with E-state index in [2.05, 4.69) is 10.3 Å². The number of rotatable bonds is 7. The molecule has 1 aromatic heterocycles. The zero-order chi connectivity index (χ0) is 21.0. The van der Waals surface area contributed by atoms with Crippen LogP contribution >= 0.6 is 0 Å². The third kappa shape index (κ3) is 4.77. The topological polar surface area (TPSA) is 131 Å². The maximum atomic E-state index is 12.3. The second-order valence-electron chi connectivity index (χ2n) is 6.99. The number of aliphatic hydroxyl groups excluding tert-OH is 1. The predicted octanol–water partition coefficient (Wildman–Crippen LogP) is 1.77. The van der Waals surface area contributed by atoms with Crippen LogP contribution in [0.3, 0.4) is 0 Å². The van der Waals surface area contributed by atoms with Crippen LogP contribution < -0.4 is 16.8 Å². The normalized spacial score (nSPS) is 12.0. The minimum atomic E-state index is -1.01. The number of aliphatic hydroxyl groups is 1. The summed E-state index contributed by atoms with van der Waals surface area (Å²) in [6, 6.07) is 14.1. The molecular weight excluding hydrogens is 368 g/mol. The molecular formula is C22H24N4O3. The van der Waals surface area contributed by atoms with E-state index < -0.39 is 17.9 Å². The molecule has 1 atom stereocenters. The summed E-state index contributed by atoms with van der Waals surface area (Å²) in [4.78, 5) is 28.0. The number of hydrogen-bond acceptors (Lipinski definition) is 5. The molecule has 0 spiro atoms. The van der Waals surface area contributed by atoms with E-state index in [-0.39, 0.29) is 13.0 Å². The number of para-hydroxylation sites is 2. The summed E-state index contributed by atoms with van der Waals surface area (Å²) in [6.45, 7) is 1.83. The lowest BCUT2D eigenvalue weighted by Crippen LogP contribution is -2.39. The molecule has 150 valence electrons. The third-order valence-corrected chi connectivity index (χ3v) is 4.72. The number of benzene rings is 2. The van der Waals surface area contributed by atoms with Crippen molar-refractivity contribution in [1.29, 1.82) is 0 Å². The highest BCUT2D eigenvalue weighted by atomic mass is 16.3. The third-order valence-electron chi connectivity index (χ3n) is 4.72. The summed E-state index contributed by atoms with van der Waals surface area (Å²) in [7, 11) is 0. The van der Waals surface area contributed by atoms with Crippen LogP contribution in [0.2, 0.25) is 0 Å². The molecule has 0 aliphatic rings. The van der Waals surface area contributed by atoms with Gasteiger partial charge in [-0.05, 0) is 35.7 Å². The number of anilines is 1. The van der Waals surface area contributed by atoms with Crippen LogP contribution in [-0.4, -0.2) is 27.9 Å². The van der Waals surface area contributed by atoms with E-state index >= 15 is 0 Å². The van der Waals surface area contributed by atoms with E-state index in [4.69, 9.17) is 11.5 Å². The van der Waals surface area contributed by atoms with Crippen molar-refractivity contribution in [2.45, 2.75) is 32.4 Å². The molecule has 0 aliphatic heterocycles. The van der Waals surface area contributed by atoms with Crippen molar-refractivity contribution in [2.75, 3.05) is 5.32 Å². The van der Waals surface area contributed by atoms with Crippen molar-refractivity contribution in [1.82, 2.24) is 4.98 Å². The molecule has 0 saturated carbocycles. The minimum Gasteiger partial charge on any atom is -0.392 e. The molecule has 1 heterocycles. The monoisotopic (exact) mass is 392 g/mol. The van der Waals surface area contributed by atoms with E-state index in [1.165, 1.54) is 0 Å². The first-order valence-electron chi connectivity index (χ1n) is 9.30. The number of carbonyl (C=O) groups excluding carboxylic acids is 2. The fourth-order valence-corrected chi connectivity index (χ4v) is 3.33. The first-order valence-corrected chi connectivity index (χ1v) is 9.30. The Morgan fingerprint density at radius 3 is 2.55 bits per heavy atom. The SMILES string of the molecule is Cc1cc(CO)c2cccc(Cc3ccccc3NC(=O)[C@@H](N)CC(N)=O)c2n1. The van der Waals surface area contributed by atoms with E-state index in [0.29, 0.717) is 12.1 Å². The first-order chi connectivity index (χ1) is 13.9. The molecule has 29 heavy (non-hydrogen) atoms. The smallest absolute Gasteiger partial charge is 0.241 e. The Morgan fingerprint density at radius 2 is 1.83 bits per heavy atom. The molecule has 3 aromatic rings. The molecule has 0 saturated heterocycles. The van der Waals surface area contributed by atoms with Gasteiger partial charge >= 0.3 is 0 Å². The number of pyridine rings is 1. The number of nitrogens with one attached hydrogen (secondary N) is 1. The molecule has 0 fully saturated rings. The second kappa shape index (κ2) is 8.81. The minimum absolute atomic E-state index is 0.0618. The van der Waals surface area contributed by atoms with Gasteiger partial charge in [0.2, 0.25) is 11.8 Å². The summed E-state index contributed by atoms with van der Waals surface area (Å²) < 4.78 is 0. The van der Waals surface area contributed by atoms with Crippen LogP contribution in [0, 0.1) is 6.92 Å². The highest BCUT2D eigenvalue weighted by molar-refractivity contribution is 5.97. The molecule has 0 bridgehead atoms. The Hall–Kier alpha value is -3.29. The molecule has 2 amide bonds. The zero-order valence-corrected chi connectivity index (χ0v) is 16.2. The number of hydrogen-bond donors (Lipinski definition) is 4. The molecule has 3 rings (SSSR count). The van der Waals surface area contributed by atoms with Gasteiger partial charge in [-0.25, -0.2) is 0 Å². The molecule has 6 N–H and O–H groups in total. The molecule has 7 heteroatoms. The summed E-state index contributed by atoms with van der Waals surface area (Å²) in [5.41, 5.74) is 15.8. The number of fused-ring (bicyclic) bond motifs is 1. The van der Waals surface area contributed by atoms with Gasteiger partial charge in [0, 0.05) is 23.2 Å². The number of nitrogens with zero attached hydrogens (tertiary/aromatic N) is 1. The fraction of sp³-hybridized carbons (Fsp3) is 0.227. The molecule has 0 unspecified atom stereocenters. The first kappa shape index (κ1) is 20.4. The van der Waals surface area contributed by atoms with Crippen molar-refractivity contribution in [3.05, 3.63) is 70.9 Å². The van der Waals surface area contributed by atoms with Crippen LogP contribution in [0.25, 0.3) is 10.9 Å². The lowest BCUT2D eigenvalue weighted by Gasteiger charge is -2.15. The average Bonchev–Trinajstić information content (AvgIpc) is 2.68. The Morgan fingerprint density at radius 1 is 1.10 bits per heavy atom. The van der Waals surface area contributed by atoms with E-state index in [9.17, 15) is 14.7 Å². The molecule has 2 aromatic carbocycles. The van der Waals surface area contributed by atoms with Crippen molar-refractivity contribution < 1.29 is 14.7 Å². The Labute approximate surface area is 168 Å². The van der Waals surface area contributed by atoms with Crippen LogP contribution in [0.1, 0.15) is 28.8 Å². The summed E-state index contributed by atoms with van der Waals surface area (Å²) in [5.74, 6) is -1.09. The van der Waals surface area contributed by atoms with Crippen LogP contribution in [0.4, 0.5) is 5.69 Å². The number of carbonyl (C=O) groups is 2. The molecule has 7 nitrogen and oxygen atoms in total. The van der Waals surface area contributed by atoms with Crippen LogP contribution in [0.5, 0.6) is 0 Å². The van der Waals surface area contributed by atoms with Crippen molar-refractivity contribution in [2.24, 2.45) is 11.5 Å².